The van der Waals surface area contributed by atoms with Crippen molar-refractivity contribution in [1.29, 1.82) is 0 Å². The van der Waals surface area contributed by atoms with Crippen molar-refractivity contribution < 1.29 is 14.4 Å². The third kappa shape index (κ3) is 4.21. The molecule has 0 spiro atoms. The van der Waals surface area contributed by atoms with Gasteiger partial charge in [0.05, 0.1) is 6.54 Å². The average Bonchev–Trinajstić information content (AvgIpc) is 3.58. The molecule has 4 amide bonds. The summed E-state index contributed by atoms with van der Waals surface area (Å²) in [6.07, 6.45) is 8.97. The van der Waals surface area contributed by atoms with Gasteiger partial charge in [0, 0.05) is 12.6 Å². The van der Waals surface area contributed by atoms with Gasteiger partial charge in [-0.3, -0.25) is 19.9 Å². The summed E-state index contributed by atoms with van der Waals surface area (Å²) in [5.41, 5.74) is 2.17. The Morgan fingerprint density at radius 3 is 2.47 bits per heavy atom. The SMILES string of the molecule is CCC1(c2ccccc2)NC(=O)N(NC(=O)CN(CC2CCCCC2)C2CC2)C1=O. The van der Waals surface area contributed by atoms with E-state index in [2.05, 4.69) is 15.6 Å². The second-order valence-electron chi connectivity index (χ2n) is 8.90. The fourth-order valence-electron chi connectivity index (χ4n) is 4.87. The van der Waals surface area contributed by atoms with E-state index in [1.165, 1.54) is 32.1 Å². The molecular weight excluding hydrogens is 380 g/mol. The Bertz CT molecular complexity index is 789. The van der Waals surface area contributed by atoms with Crippen molar-refractivity contribution in [2.45, 2.75) is 69.9 Å². The molecule has 1 atom stereocenters. The monoisotopic (exact) mass is 412 g/mol. The number of hydrogen-bond acceptors (Lipinski definition) is 4. The number of carbonyl (C=O) groups is 3. The summed E-state index contributed by atoms with van der Waals surface area (Å²) in [7, 11) is 0. The number of hydrogen-bond donors (Lipinski definition) is 2. The third-order valence-electron chi connectivity index (χ3n) is 6.75. The van der Waals surface area contributed by atoms with Crippen LogP contribution in [0.1, 0.15) is 63.9 Å². The molecule has 1 saturated heterocycles. The molecule has 7 heteroatoms. The van der Waals surface area contributed by atoms with Crippen molar-refractivity contribution in [2.75, 3.05) is 13.1 Å². The van der Waals surface area contributed by atoms with E-state index < -0.39 is 17.5 Å². The summed E-state index contributed by atoms with van der Waals surface area (Å²) in [6, 6.07) is 9.08. The van der Waals surface area contributed by atoms with E-state index in [1.54, 1.807) is 0 Å². The van der Waals surface area contributed by atoms with Crippen LogP contribution in [0, 0.1) is 5.92 Å². The van der Waals surface area contributed by atoms with Crippen LogP contribution in [0.25, 0.3) is 0 Å². The standard InChI is InChI=1S/C23H32N4O3/c1-2-23(18-11-7-4-8-12-18)21(29)27(22(30)24-23)25-20(28)16-26(19-13-14-19)15-17-9-5-3-6-10-17/h4,7-8,11-12,17,19H,2-3,5-6,9-10,13-16H2,1H3,(H,24,30)(H,25,28). The highest BCUT2D eigenvalue weighted by Crippen LogP contribution is 2.32. The molecular formula is C23H32N4O3. The van der Waals surface area contributed by atoms with Gasteiger partial charge in [0.15, 0.2) is 0 Å². The van der Waals surface area contributed by atoms with Crippen LogP contribution in [0.15, 0.2) is 30.3 Å². The van der Waals surface area contributed by atoms with Crippen LogP contribution >= 0.6 is 0 Å². The van der Waals surface area contributed by atoms with Gasteiger partial charge in [0.1, 0.15) is 5.54 Å². The van der Waals surface area contributed by atoms with E-state index in [1.807, 2.05) is 37.3 Å². The van der Waals surface area contributed by atoms with Crippen molar-refractivity contribution in [3.63, 3.8) is 0 Å². The average molecular weight is 413 g/mol. The molecule has 4 rings (SSSR count). The quantitative estimate of drug-likeness (QED) is 0.643. The number of rotatable bonds is 8. The van der Waals surface area contributed by atoms with Crippen LogP contribution in [-0.2, 0) is 15.1 Å². The van der Waals surface area contributed by atoms with Crippen molar-refractivity contribution in [1.82, 2.24) is 20.7 Å². The maximum atomic E-state index is 13.2. The number of carbonyl (C=O) groups excluding carboxylic acids is 3. The molecule has 162 valence electrons. The second kappa shape index (κ2) is 8.76. The van der Waals surface area contributed by atoms with Gasteiger partial charge in [-0.15, -0.1) is 0 Å². The molecule has 1 aromatic rings. The maximum Gasteiger partial charge on any atom is 0.344 e. The van der Waals surface area contributed by atoms with E-state index >= 15 is 0 Å². The molecule has 2 N–H and O–H groups in total. The Balaban J connectivity index is 1.41. The molecule has 1 aromatic carbocycles. The molecule has 0 radical (unpaired) electrons. The Labute approximate surface area is 178 Å². The molecule has 0 bridgehead atoms. The molecule has 1 heterocycles. The van der Waals surface area contributed by atoms with Crippen LogP contribution in [0.3, 0.4) is 0 Å². The minimum atomic E-state index is -1.14. The molecule has 0 aromatic heterocycles. The van der Waals surface area contributed by atoms with E-state index in [4.69, 9.17) is 0 Å². The fraction of sp³-hybridized carbons (Fsp3) is 0.609. The molecule has 1 unspecified atom stereocenters. The summed E-state index contributed by atoms with van der Waals surface area (Å²) in [4.78, 5) is 40.8. The number of nitrogens with zero attached hydrogens (tertiary/aromatic N) is 2. The third-order valence-corrected chi connectivity index (χ3v) is 6.75. The Morgan fingerprint density at radius 2 is 1.83 bits per heavy atom. The molecule has 2 saturated carbocycles. The lowest BCUT2D eigenvalue weighted by Crippen LogP contribution is -2.51. The number of urea groups is 1. The highest BCUT2D eigenvalue weighted by Gasteiger charge is 2.52. The minimum absolute atomic E-state index is 0.225. The van der Waals surface area contributed by atoms with Crippen molar-refractivity contribution in [3.05, 3.63) is 35.9 Å². The number of amides is 4. The summed E-state index contributed by atoms with van der Waals surface area (Å²) in [5, 5.41) is 3.67. The zero-order valence-electron chi connectivity index (χ0n) is 17.7. The lowest BCUT2D eigenvalue weighted by atomic mass is 9.87. The van der Waals surface area contributed by atoms with Gasteiger partial charge >= 0.3 is 6.03 Å². The number of imide groups is 1. The van der Waals surface area contributed by atoms with Gasteiger partial charge in [0.2, 0.25) is 0 Å². The molecule has 3 aliphatic rings. The second-order valence-corrected chi connectivity index (χ2v) is 8.90. The van der Waals surface area contributed by atoms with E-state index in [0.29, 0.717) is 18.4 Å². The Morgan fingerprint density at radius 1 is 1.13 bits per heavy atom. The molecule has 1 aliphatic heterocycles. The van der Waals surface area contributed by atoms with Gasteiger partial charge in [-0.1, -0.05) is 56.5 Å². The first-order chi connectivity index (χ1) is 14.5. The van der Waals surface area contributed by atoms with E-state index in [0.717, 1.165) is 30.0 Å². The number of nitrogens with one attached hydrogen (secondary N) is 2. The van der Waals surface area contributed by atoms with Crippen molar-refractivity contribution in [3.8, 4) is 0 Å². The van der Waals surface area contributed by atoms with Crippen LogP contribution in [0.2, 0.25) is 0 Å². The first-order valence-electron chi connectivity index (χ1n) is 11.3. The van der Waals surface area contributed by atoms with Gasteiger partial charge in [0.25, 0.3) is 11.8 Å². The Kier molecular flexibility index (Phi) is 6.09. The predicted molar refractivity (Wildman–Crippen MR) is 113 cm³/mol. The lowest BCUT2D eigenvalue weighted by molar-refractivity contribution is -0.140. The van der Waals surface area contributed by atoms with Crippen molar-refractivity contribution >= 4 is 17.8 Å². The van der Waals surface area contributed by atoms with Crippen LogP contribution in [0.4, 0.5) is 4.79 Å². The maximum absolute atomic E-state index is 13.2. The molecule has 7 nitrogen and oxygen atoms in total. The Hall–Kier alpha value is -2.41. The molecule has 2 aliphatic carbocycles. The summed E-state index contributed by atoms with van der Waals surface area (Å²) in [6.45, 7) is 3.01. The normalized spacial score (nSPS) is 24.9. The van der Waals surface area contributed by atoms with Crippen LogP contribution < -0.4 is 10.7 Å². The zero-order chi connectivity index (χ0) is 21.1. The largest absolute Gasteiger partial charge is 0.344 e. The summed E-state index contributed by atoms with van der Waals surface area (Å²) >= 11 is 0. The van der Waals surface area contributed by atoms with Gasteiger partial charge in [-0.2, -0.15) is 5.01 Å². The van der Waals surface area contributed by atoms with Crippen molar-refractivity contribution in [2.24, 2.45) is 5.92 Å². The minimum Gasteiger partial charge on any atom is -0.318 e. The summed E-state index contributed by atoms with van der Waals surface area (Å²) < 4.78 is 0. The summed E-state index contributed by atoms with van der Waals surface area (Å²) in [5.74, 6) is -0.0873. The topological polar surface area (TPSA) is 81.8 Å². The van der Waals surface area contributed by atoms with Gasteiger partial charge in [-0.25, -0.2) is 4.79 Å². The zero-order valence-corrected chi connectivity index (χ0v) is 17.7. The smallest absolute Gasteiger partial charge is 0.318 e. The van der Waals surface area contributed by atoms with Gasteiger partial charge in [-0.05, 0) is 43.6 Å². The predicted octanol–water partition coefficient (Wildman–Crippen LogP) is 2.92. The lowest BCUT2D eigenvalue weighted by Gasteiger charge is -2.30. The fourth-order valence-corrected chi connectivity index (χ4v) is 4.87. The van der Waals surface area contributed by atoms with Gasteiger partial charge < -0.3 is 5.32 Å². The molecule has 3 fully saturated rings. The van der Waals surface area contributed by atoms with Crippen LogP contribution in [-0.4, -0.2) is 46.9 Å². The highest BCUT2D eigenvalue weighted by atomic mass is 16.2. The van der Waals surface area contributed by atoms with Crippen LogP contribution in [0.5, 0.6) is 0 Å². The molecule has 30 heavy (non-hydrogen) atoms. The van der Waals surface area contributed by atoms with E-state index in [-0.39, 0.29) is 12.5 Å². The number of hydrazine groups is 1. The first kappa shape index (κ1) is 20.8. The first-order valence-corrected chi connectivity index (χ1v) is 11.3. The van der Waals surface area contributed by atoms with E-state index in [9.17, 15) is 14.4 Å². The number of benzene rings is 1. The highest BCUT2D eigenvalue weighted by molar-refractivity contribution is 6.08.